The van der Waals surface area contributed by atoms with Crippen molar-refractivity contribution in [1.82, 2.24) is 0 Å². The zero-order valence-corrected chi connectivity index (χ0v) is 18.0. The number of rotatable bonds is 6. The number of aryl methyl sites for hydroxylation is 3. The van der Waals surface area contributed by atoms with Crippen molar-refractivity contribution in [2.75, 3.05) is 4.72 Å². The zero-order chi connectivity index (χ0) is 22.1. The number of nitrogens with zero attached hydrogens (tertiary/aromatic N) is 1. The molecule has 30 heavy (non-hydrogen) atoms. The minimum absolute atomic E-state index is 0.0209. The van der Waals surface area contributed by atoms with E-state index < -0.39 is 14.9 Å². The van der Waals surface area contributed by atoms with E-state index in [0.29, 0.717) is 21.9 Å². The Hall–Kier alpha value is -3.10. The topological polar surface area (TPSA) is 98.5 Å². The molecule has 0 atom stereocenters. The maximum absolute atomic E-state index is 13.0. The summed E-state index contributed by atoms with van der Waals surface area (Å²) >= 11 is 5.85. The molecule has 0 heterocycles. The summed E-state index contributed by atoms with van der Waals surface area (Å²) in [7, 11) is -3.97. The smallest absolute Gasteiger partial charge is 0.275 e. The number of nitro groups is 1. The molecule has 0 aliphatic carbocycles. The van der Waals surface area contributed by atoms with Crippen LogP contribution < -0.4 is 9.46 Å². The normalized spacial score (nSPS) is 11.2. The van der Waals surface area contributed by atoms with E-state index in [9.17, 15) is 18.5 Å². The van der Waals surface area contributed by atoms with Crippen molar-refractivity contribution in [2.45, 2.75) is 25.7 Å². The summed E-state index contributed by atoms with van der Waals surface area (Å²) < 4.78 is 34.1. The number of nitrogens with one attached hydrogen (secondary N) is 1. The molecule has 0 bridgehead atoms. The maximum Gasteiger partial charge on any atom is 0.275 e. The summed E-state index contributed by atoms with van der Waals surface area (Å²) in [6.45, 7) is 5.29. The molecule has 7 nitrogen and oxygen atoms in total. The van der Waals surface area contributed by atoms with Crippen molar-refractivity contribution in [2.24, 2.45) is 0 Å². The van der Waals surface area contributed by atoms with Gasteiger partial charge >= 0.3 is 0 Å². The number of hydrogen-bond acceptors (Lipinski definition) is 5. The van der Waals surface area contributed by atoms with Gasteiger partial charge in [-0.2, -0.15) is 0 Å². The van der Waals surface area contributed by atoms with E-state index in [1.165, 1.54) is 12.1 Å². The van der Waals surface area contributed by atoms with Gasteiger partial charge < -0.3 is 4.74 Å². The highest BCUT2D eigenvalue weighted by molar-refractivity contribution is 7.92. The quantitative estimate of drug-likeness (QED) is 0.383. The predicted octanol–water partition coefficient (Wildman–Crippen LogP) is 5.77. The van der Waals surface area contributed by atoms with Crippen molar-refractivity contribution in [3.63, 3.8) is 0 Å². The Labute approximate surface area is 179 Å². The van der Waals surface area contributed by atoms with Crippen molar-refractivity contribution in [1.29, 1.82) is 0 Å². The lowest BCUT2D eigenvalue weighted by Gasteiger charge is -2.14. The maximum atomic E-state index is 13.0. The first-order valence-electron chi connectivity index (χ1n) is 8.89. The molecule has 0 amide bonds. The highest BCUT2D eigenvalue weighted by atomic mass is 35.5. The van der Waals surface area contributed by atoms with Gasteiger partial charge in [-0.3, -0.25) is 14.8 Å². The first kappa shape index (κ1) is 21.6. The van der Waals surface area contributed by atoms with Gasteiger partial charge in [0.15, 0.2) is 0 Å². The molecule has 3 aromatic carbocycles. The number of benzene rings is 3. The van der Waals surface area contributed by atoms with Crippen LogP contribution >= 0.6 is 11.6 Å². The Morgan fingerprint density at radius 2 is 1.53 bits per heavy atom. The molecule has 0 aliphatic rings. The number of non-ortho nitro benzene ring substituents is 1. The summed E-state index contributed by atoms with van der Waals surface area (Å²) in [5.74, 6) is 0.514. The fourth-order valence-electron chi connectivity index (χ4n) is 3.24. The third-order valence-corrected chi connectivity index (χ3v) is 6.21. The largest absolute Gasteiger partial charge is 0.457 e. The summed E-state index contributed by atoms with van der Waals surface area (Å²) in [5.41, 5.74) is 1.83. The molecule has 0 saturated heterocycles. The number of hydrogen-bond donors (Lipinski definition) is 1. The molecular formula is C21H19ClN2O5S. The molecular weight excluding hydrogens is 428 g/mol. The second-order valence-electron chi connectivity index (χ2n) is 6.86. The van der Waals surface area contributed by atoms with E-state index in [1.807, 2.05) is 6.92 Å². The SMILES string of the molecule is Cc1cc(C)c(S(=O)(=O)Nc2cc(Oc3ccc(Cl)cc3)cc([N+](=O)[O-])c2)c(C)c1. The Morgan fingerprint density at radius 3 is 2.10 bits per heavy atom. The van der Waals surface area contributed by atoms with E-state index in [0.717, 1.165) is 11.6 Å². The molecule has 0 fully saturated rings. The first-order chi connectivity index (χ1) is 14.0. The molecule has 156 valence electrons. The average molecular weight is 447 g/mol. The van der Waals surface area contributed by atoms with E-state index in [1.54, 1.807) is 50.2 Å². The van der Waals surface area contributed by atoms with Crippen LogP contribution in [0.5, 0.6) is 11.5 Å². The van der Waals surface area contributed by atoms with Crippen LogP contribution in [-0.2, 0) is 10.0 Å². The molecule has 9 heteroatoms. The minimum Gasteiger partial charge on any atom is -0.457 e. The highest BCUT2D eigenvalue weighted by Gasteiger charge is 2.22. The van der Waals surface area contributed by atoms with Gasteiger partial charge in [0, 0.05) is 17.2 Å². The molecule has 0 aromatic heterocycles. The molecule has 3 aromatic rings. The van der Waals surface area contributed by atoms with Gasteiger partial charge in [-0.1, -0.05) is 29.3 Å². The number of anilines is 1. The number of sulfonamides is 1. The molecule has 0 unspecified atom stereocenters. The summed E-state index contributed by atoms with van der Waals surface area (Å²) in [6.07, 6.45) is 0. The van der Waals surface area contributed by atoms with Gasteiger partial charge in [-0.25, -0.2) is 8.42 Å². The highest BCUT2D eigenvalue weighted by Crippen LogP contribution is 2.32. The zero-order valence-electron chi connectivity index (χ0n) is 16.5. The number of halogens is 1. The molecule has 0 aliphatic heterocycles. The Morgan fingerprint density at radius 1 is 0.933 bits per heavy atom. The molecule has 0 saturated carbocycles. The molecule has 0 radical (unpaired) electrons. The van der Waals surface area contributed by atoms with Crippen LogP contribution in [0.3, 0.4) is 0 Å². The third kappa shape index (κ3) is 4.90. The van der Waals surface area contributed by atoms with Crippen LogP contribution in [0, 0.1) is 30.9 Å². The lowest BCUT2D eigenvalue weighted by Crippen LogP contribution is -2.16. The van der Waals surface area contributed by atoms with E-state index in [-0.39, 0.29) is 22.0 Å². The second kappa shape index (κ2) is 8.33. The molecule has 0 spiro atoms. The number of ether oxygens (including phenoxy) is 1. The van der Waals surface area contributed by atoms with Gasteiger partial charge in [0.25, 0.3) is 15.7 Å². The monoisotopic (exact) mass is 446 g/mol. The van der Waals surface area contributed by atoms with E-state index >= 15 is 0 Å². The number of nitro benzene ring substituents is 1. The van der Waals surface area contributed by atoms with Gasteiger partial charge in [0.1, 0.15) is 11.5 Å². The summed E-state index contributed by atoms with van der Waals surface area (Å²) in [5, 5.41) is 11.9. The van der Waals surface area contributed by atoms with Crippen LogP contribution in [0.15, 0.2) is 59.5 Å². The van der Waals surface area contributed by atoms with Crippen molar-refractivity contribution < 1.29 is 18.1 Å². The lowest BCUT2D eigenvalue weighted by atomic mass is 10.1. The van der Waals surface area contributed by atoms with E-state index in [4.69, 9.17) is 16.3 Å². The molecule has 3 rings (SSSR count). The van der Waals surface area contributed by atoms with Gasteiger partial charge in [-0.05, 0) is 56.2 Å². The minimum atomic E-state index is -3.97. The second-order valence-corrected chi connectivity index (χ2v) is 8.92. The van der Waals surface area contributed by atoms with Crippen LogP contribution in [0.25, 0.3) is 0 Å². The predicted molar refractivity (Wildman–Crippen MR) is 116 cm³/mol. The van der Waals surface area contributed by atoms with Gasteiger partial charge in [0.05, 0.1) is 21.6 Å². The first-order valence-corrected chi connectivity index (χ1v) is 10.7. The Bertz CT molecular complexity index is 1200. The summed E-state index contributed by atoms with van der Waals surface area (Å²) in [6, 6.07) is 13.7. The standard InChI is InChI=1S/C21H19ClN2O5S/c1-13-8-14(2)21(15(3)9-13)30(27,28)23-17-10-18(24(25)26)12-20(11-17)29-19-6-4-16(22)5-7-19/h4-12,23H,1-3H3. The van der Waals surface area contributed by atoms with Crippen LogP contribution in [0.2, 0.25) is 5.02 Å². The van der Waals surface area contributed by atoms with Gasteiger partial charge in [0.2, 0.25) is 0 Å². The van der Waals surface area contributed by atoms with Crippen LogP contribution in [0.4, 0.5) is 11.4 Å². The van der Waals surface area contributed by atoms with Crippen LogP contribution in [0.1, 0.15) is 16.7 Å². The molecule has 1 N–H and O–H groups in total. The van der Waals surface area contributed by atoms with Crippen LogP contribution in [-0.4, -0.2) is 13.3 Å². The third-order valence-electron chi connectivity index (χ3n) is 4.28. The van der Waals surface area contributed by atoms with Crippen molar-refractivity contribution in [3.05, 3.63) is 86.4 Å². The summed E-state index contributed by atoms with van der Waals surface area (Å²) in [4.78, 5) is 10.9. The Kier molecular flexibility index (Phi) is 6.00. The fraction of sp³-hybridized carbons (Fsp3) is 0.143. The van der Waals surface area contributed by atoms with Gasteiger partial charge in [-0.15, -0.1) is 0 Å². The average Bonchev–Trinajstić information content (AvgIpc) is 2.61. The van der Waals surface area contributed by atoms with E-state index in [2.05, 4.69) is 4.72 Å². The van der Waals surface area contributed by atoms with Crippen molar-refractivity contribution in [3.8, 4) is 11.5 Å². The lowest BCUT2D eigenvalue weighted by molar-refractivity contribution is -0.384. The fourth-order valence-corrected chi connectivity index (χ4v) is 4.86. The van der Waals surface area contributed by atoms with Crippen molar-refractivity contribution >= 4 is 33.0 Å². The Balaban J connectivity index is 2.00.